The maximum absolute atomic E-state index is 12.7. The smallest absolute Gasteiger partial charge is 0.308 e. The van der Waals surface area contributed by atoms with Gasteiger partial charge in [-0.15, -0.1) is 11.8 Å². The zero-order valence-electron chi connectivity index (χ0n) is 15.3. The summed E-state index contributed by atoms with van der Waals surface area (Å²) in [4.78, 5) is 38.3. The molecule has 8 heteroatoms. The van der Waals surface area contributed by atoms with E-state index in [0.29, 0.717) is 38.3 Å². The van der Waals surface area contributed by atoms with E-state index in [2.05, 4.69) is 5.32 Å². The van der Waals surface area contributed by atoms with Gasteiger partial charge in [-0.05, 0) is 25.0 Å². The molecule has 2 fully saturated rings. The van der Waals surface area contributed by atoms with Crippen LogP contribution in [0, 0.1) is 11.3 Å². The maximum atomic E-state index is 12.7. The molecule has 0 aliphatic carbocycles. The van der Waals surface area contributed by atoms with E-state index in [4.69, 9.17) is 4.74 Å². The highest BCUT2D eigenvalue weighted by molar-refractivity contribution is 8.00. The Kier molecular flexibility index (Phi) is 6.06. The number of anilines is 1. The van der Waals surface area contributed by atoms with E-state index >= 15 is 0 Å². The molecule has 2 amide bonds. The molecule has 0 bridgehead atoms. The molecule has 1 aromatic rings. The molecular formula is C19H24N2O5S. The van der Waals surface area contributed by atoms with Crippen LogP contribution in [0.15, 0.2) is 29.2 Å². The second kappa shape index (κ2) is 8.31. The largest absolute Gasteiger partial charge is 0.481 e. The number of carboxylic acids is 1. The molecule has 0 aromatic heterocycles. The number of hydrogen-bond donors (Lipinski definition) is 2. The van der Waals surface area contributed by atoms with Crippen LogP contribution in [-0.4, -0.2) is 59.8 Å². The molecular weight excluding hydrogens is 368 g/mol. The molecule has 2 aliphatic heterocycles. The lowest BCUT2D eigenvalue weighted by atomic mass is 9.72. The predicted octanol–water partition coefficient (Wildman–Crippen LogP) is 2.08. The van der Waals surface area contributed by atoms with Crippen LogP contribution in [-0.2, 0) is 19.1 Å². The number of benzene rings is 1. The van der Waals surface area contributed by atoms with Crippen LogP contribution in [0.4, 0.5) is 5.69 Å². The van der Waals surface area contributed by atoms with Gasteiger partial charge in [0.1, 0.15) is 0 Å². The highest BCUT2D eigenvalue weighted by Gasteiger charge is 2.51. The van der Waals surface area contributed by atoms with Crippen molar-refractivity contribution in [2.45, 2.75) is 24.7 Å². The van der Waals surface area contributed by atoms with Crippen molar-refractivity contribution in [2.24, 2.45) is 11.3 Å². The SMILES string of the molecule is CC(=O)Nc1ccccc1SCC(=O)N1CC(C(=O)O)C2(CCOCC2)C1. The zero-order valence-corrected chi connectivity index (χ0v) is 16.1. The Morgan fingerprint density at radius 2 is 2.00 bits per heavy atom. The summed E-state index contributed by atoms with van der Waals surface area (Å²) in [6.45, 7) is 3.26. The molecule has 1 spiro atoms. The highest BCUT2D eigenvalue weighted by atomic mass is 32.2. The summed E-state index contributed by atoms with van der Waals surface area (Å²) in [6, 6.07) is 7.32. The second-order valence-electron chi connectivity index (χ2n) is 7.11. The Morgan fingerprint density at radius 1 is 1.30 bits per heavy atom. The minimum atomic E-state index is -0.837. The molecule has 2 N–H and O–H groups in total. The molecule has 0 saturated carbocycles. The van der Waals surface area contributed by atoms with E-state index < -0.39 is 11.9 Å². The molecule has 2 saturated heterocycles. The van der Waals surface area contributed by atoms with Crippen LogP contribution in [0.1, 0.15) is 19.8 Å². The van der Waals surface area contributed by atoms with Gasteiger partial charge in [-0.25, -0.2) is 0 Å². The van der Waals surface area contributed by atoms with Gasteiger partial charge >= 0.3 is 5.97 Å². The van der Waals surface area contributed by atoms with E-state index in [-0.39, 0.29) is 29.5 Å². The fourth-order valence-corrected chi connectivity index (χ4v) is 4.81. The van der Waals surface area contributed by atoms with E-state index in [1.807, 2.05) is 18.2 Å². The quantitative estimate of drug-likeness (QED) is 0.745. The van der Waals surface area contributed by atoms with Gasteiger partial charge in [0, 0.05) is 43.5 Å². The number of para-hydroxylation sites is 1. The standard InChI is InChI=1S/C19H24N2O5S/c1-13(22)20-15-4-2-3-5-16(15)27-11-17(23)21-10-14(18(24)25)19(12-21)6-8-26-9-7-19/h2-5,14H,6-12H2,1H3,(H,20,22)(H,24,25). The molecule has 2 heterocycles. The predicted molar refractivity (Wildman–Crippen MR) is 102 cm³/mol. The molecule has 146 valence electrons. The Bertz CT molecular complexity index is 733. The molecule has 0 radical (unpaired) electrons. The van der Waals surface area contributed by atoms with Crippen LogP contribution in [0.3, 0.4) is 0 Å². The summed E-state index contributed by atoms with van der Waals surface area (Å²) in [6.07, 6.45) is 1.35. The van der Waals surface area contributed by atoms with Gasteiger partial charge in [0.15, 0.2) is 0 Å². The lowest BCUT2D eigenvalue weighted by molar-refractivity contribution is -0.147. The van der Waals surface area contributed by atoms with E-state index in [9.17, 15) is 19.5 Å². The number of amides is 2. The van der Waals surface area contributed by atoms with Gasteiger partial charge < -0.3 is 20.1 Å². The number of thioether (sulfide) groups is 1. The number of rotatable bonds is 5. The number of aliphatic carboxylic acids is 1. The Balaban J connectivity index is 1.65. The first kappa shape index (κ1) is 19.7. The lowest BCUT2D eigenvalue weighted by Crippen LogP contribution is -2.40. The Labute approximate surface area is 162 Å². The number of nitrogens with one attached hydrogen (secondary N) is 1. The number of hydrogen-bond acceptors (Lipinski definition) is 5. The first-order valence-electron chi connectivity index (χ1n) is 8.99. The van der Waals surface area contributed by atoms with E-state index in [1.165, 1.54) is 18.7 Å². The van der Waals surface area contributed by atoms with Crippen molar-refractivity contribution in [3.63, 3.8) is 0 Å². The first-order valence-corrected chi connectivity index (χ1v) is 9.97. The van der Waals surface area contributed by atoms with Crippen LogP contribution < -0.4 is 5.32 Å². The van der Waals surface area contributed by atoms with E-state index in [1.54, 1.807) is 11.0 Å². The topological polar surface area (TPSA) is 95.9 Å². The van der Waals surface area contributed by atoms with Crippen molar-refractivity contribution >= 4 is 35.2 Å². The highest BCUT2D eigenvalue weighted by Crippen LogP contribution is 2.44. The molecule has 1 aromatic carbocycles. The van der Waals surface area contributed by atoms with E-state index in [0.717, 1.165) is 4.90 Å². The third-order valence-corrected chi connectivity index (χ3v) is 6.39. The molecule has 27 heavy (non-hydrogen) atoms. The number of ether oxygens (including phenoxy) is 1. The third kappa shape index (κ3) is 4.44. The molecule has 2 aliphatic rings. The lowest BCUT2D eigenvalue weighted by Gasteiger charge is -2.36. The molecule has 3 rings (SSSR count). The number of likely N-dealkylation sites (tertiary alicyclic amines) is 1. The van der Waals surface area contributed by atoms with Gasteiger partial charge in [0.25, 0.3) is 0 Å². The average Bonchev–Trinajstić information content (AvgIpc) is 3.00. The minimum absolute atomic E-state index is 0.0766. The molecule has 1 atom stereocenters. The van der Waals surface area contributed by atoms with Gasteiger partial charge in [-0.1, -0.05) is 12.1 Å². The van der Waals surface area contributed by atoms with Crippen molar-refractivity contribution < 1.29 is 24.2 Å². The van der Waals surface area contributed by atoms with Crippen molar-refractivity contribution in [1.82, 2.24) is 4.90 Å². The van der Waals surface area contributed by atoms with Crippen LogP contribution >= 0.6 is 11.8 Å². The summed E-state index contributed by atoms with van der Waals surface area (Å²) in [7, 11) is 0. The fraction of sp³-hybridized carbons (Fsp3) is 0.526. The van der Waals surface area contributed by atoms with Crippen LogP contribution in [0.25, 0.3) is 0 Å². The summed E-state index contributed by atoms with van der Waals surface area (Å²) in [5, 5.41) is 12.4. The summed E-state index contributed by atoms with van der Waals surface area (Å²) >= 11 is 1.35. The fourth-order valence-electron chi connectivity index (χ4n) is 3.90. The second-order valence-corrected chi connectivity index (χ2v) is 8.12. The Hall–Kier alpha value is -2.06. The van der Waals surface area contributed by atoms with Gasteiger partial charge in [-0.3, -0.25) is 14.4 Å². The van der Waals surface area contributed by atoms with Gasteiger partial charge in [-0.2, -0.15) is 0 Å². The maximum Gasteiger partial charge on any atom is 0.308 e. The number of carboxylic acid groups (broad SMARTS) is 1. The Morgan fingerprint density at radius 3 is 2.67 bits per heavy atom. The number of nitrogens with zero attached hydrogens (tertiary/aromatic N) is 1. The summed E-state index contributed by atoms with van der Waals surface area (Å²) in [5.41, 5.74) is 0.298. The monoisotopic (exact) mass is 392 g/mol. The van der Waals surface area contributed by atoms with Gasteiger partial charge in [0.05, 0.1) is 17.4 Å². The van der Waals surface area contributed by atoms with Crippen LogP contribution in [0.2, 0.25) is 0 Å². The van der Waals surface area contributed by atoms with Crippen LogP contribution in [0.5, 0.6) is 0 Å². The van der Waals surface area contributed by atoms with Crippen molar-refractivity contribution in [1.29, 1.82) is 0 Å². The van der Waals surface area contributed by atoms with Crippen molar-refractivity contribution in [2.75, 3.05) is 37.4 Å². The summed E-state index contributed by atoms with van der Waals surface area (Å²) in [5.74, 6) is -1.42. The van der Waals surface area contributed by atoms with Crippen molar-refractivity contribution in [3.05, 3.63) is 24.3 Å². The number of carbonyl (C=O) groups is 3. The minimum Gasteiger partial charge on any atom is -0.481 e. The average molecular weight is 392 g/mol. The normalized spacial score (nSPS) is 21.2. The number of carbonyl (C=O) groups excluding carboxylic acids is 2. The van der Waals surface area contributed by atoms with Crippen molar-refractivity contribution in [3.8, 4) is 0 Å². The first-order chi connectivity index (χ1) is 12.9. The van der Waals surface area contributed by atoms with Gasteiger partial charge in [0.2, 0.25) is 11.8 Å². The third-order valence-electron chi connectivity index (χ3n) is 5.34. The summed E-state index contributed by atoms with van der Waals surface area (Å²) < 4.78 is 5.40. The molecule has 1 unspecified atom stereocenters. The molecule has 7 nitrogen and oxygen atoms in total. The zero-order chi connectivity index (χ0) is 19.4.